The van der Waals surface area contributed by atoms with Gasteiger partial charge in [-0.25, -0.2) is 15.8 Å². The number of anilines is 10. The lowest BCUT2D eigenvalue weighted by Crippen LogP contribution is -2.25. The molecule has 2 aromatic heterocycles. The van der Waals surface area contributed by atoms with Gasteiger partial charge in [0.15, 0.2) is 0 Å². The number of hydrogen-bond donors (Lipinski definition) is 10. The number of hydrogen-bond acceptors (Lipinski definition) is 30. The van der Waals surface area contributed by atoms with E-state index in [1.165, 1.54) is 48.6 Å². The molecule has 0 aliphatic rings. The standard InChI is InChI=1S/C40H44N12O18S6/c1-5-51(6-2)39-48-36(45-37(49-39)43-29-22-28(74(56,57)58)16-17-31(29)72-69-66-54)42-26-14-12-24(34(20-26)76(62,63)64)10-9-23-11-13-25(19-32(23)73-70-67-55)41-35-46-38(50-40(47-35)52(7-3)8-4)44-30-21-27(71-68-65-53)15-18-33(30)75(59,60)61/h9-22,53-55H,5-8H2,1-4H3,(H,56,57,58)(H,59,60,61)(H,62,63,64)(H2,41,44,46,47,50)(H2,42,43,45,48,49). The molecule has 0 aliphatic heterocycles. The van der Waals surface area contributed by atoms with Gasteiger partial charge in [0.1, 0.15) is 9.79 Å². The smallest absolute Gasteiger partial charge is 0.296 e. The highest BCUT2D eigenvalue weighted by atomic mass is 32.2. The normalized spacial score (nSPS) is 12.0. The van der Waals surface area contributed by atoms with Gasteiger partial charge in [-0.15, -0.1) is 13.0 Å². The first-order chi connectivity index (χ1) is 36.2. The van der Waals surface area contributed by atoms with E-state index in [2.05, 4.69) is 75.0 Å². The van der Waals surface area contributed by atoms with E-state index in [1.807, 2.05) is 27.7 Å². The minimum absolute atomic E-state index is 0.00475. The van der Waals surface area contributed by atoms with Crippen molar-refractivity contribution in [2.45, 2.75) is 57.1 Å². The molecular weight excluding hydrogens is 1130 g/mol. The SMILES string of the molecule is CCN(CC)c1nc(Nc2ccc(C=Cc3ccc(Nc4nc(Nc5cc(SOOO)ccc5S(=O)(=O)O)nc(N(CC)CC)n4)cc3SOOO)c(S(=O)(=O)O)c2)nc(Nc2cc(S(=O)(=O)O)ccc2SOOO)n1. The van der Waals surface area contributed by atoms with Crippen LogP contribution in [0.15, 0.2) is 102 Å². The van der Waals surface area contributed by atoms with E-state index in [9.17, 15) is 38.9 Å². The molecule has 0 radical (unpaired) electrons. The fourth-order valence-electron chi connectivity index (χ4n) is 6.60. The van der Waals surface area contributed by atoms with Crippen LogP contribution in [0.3, 0.4) is 0 Å². The Morgan fingerprint density at radius 3 is 1.47 bits per heavy atom. The molecule has 2 heterocycles. The van der Waals surface area contributed by atoms with E-state index >= 15 is 0 Å². The number of nitrogens with one attached hydrogen (secondary N) is 4. The fourth-order valence-corrected chi connectivity index (χ4v) is 9.79. The van der Waals surface area contributed by atoms with Crippen molar-refractivity contribution in [3.63, 3.8) is 0 Å². The first-order valence-corrected chi connectivity index (χ1v) is 28.0. The maximum absolute atomic E-state index is 12.9. The monoisotopic (exact) mass is 1170 g/mol. The molecule has 0 saturated heterocycles. The summed E-state index contributed by atoms with van der Waals surface area (Å²) in [4.78, 5) is 29.1. The van der Waals surface area contributed by atoms with E-state index in [0.717, 1.165) is 24.3 Å². The first kappa shape index (κ1) is 59.1. The zero-order valence-electron chi connectivity index (χ0n) is 39.5. The number of rotatable bonds is 28. The lowest BCUT2D eigenvalue weighted by molar-refractivity contribution is -0.432. The summed E-state index contributed by atoms with van der Waals surface area (Å²) >= 11 is 1.54. The Kier molecular flexibility index (Phi) is 20.8. The molecule has 408 valence electrons. The van der Waals surface area contributed by atoms with Crippen LogP contribution in [0.5, 0.6) is 0 Å². The van der Waals surface area contributed by atoms with E-state index in [4.69, 9.17) is 20.1 Å². The number of aromatic nitrogens is 6. The molecule has 36 heteroatoms. The lowest BCUT2D eigenvalue weighted by atomic mass is 10.1. The van der Waals surface area contributed by atoms with Gasteiger partial charge in [0.05, 0.1) is 57.3 Å². The predicted octanol–water partition coefficient (Wildman–Crippen LogP) is 7.92. The molecule has 0 amide bonds. The molecule has 6 aromatic rings. The van der Waals surface area contributed by atoms with Gasteiger partial charge < -0.3 is 31.1 Å². The van der Waals surface area contributed by atoms with Gasteiger partial charge in [0.25, 0.3) is 30.4 Å². The third kappa shape index (κ3) is 16.2. The zero-order valence-corrected chi connectivity index (χ0v) is 44.4. The van der Waals surface area contributed by atoms with E-state index < -0.39 is 45.0 Å². The Bertz CT molecular complexity index is 3380. The van der Waals surface area contributed by atoms with E-state index in [-0.39, 0.29) is 73.0 Å². The van der Waals surface area contributed by atoms with Gasteiger partial charge in [0.2, 0.25) is 35.7 Å². The Morgan fingerprint density at radius 2 is 0.961 bits per heavy atom. The van der Waals surface area contributed by atoms with E-state index in [1.54, 1.807) is 21.9 Å². The number of benzene rings is 4. The second-order valence-corrected chi connectivity index (χ2v) is 21.1. The second-order valence-electron chi connectivity index (χ2n) is 14.7. The van der Waals surface area contributed by atoms with Crippen LogP contribution >= 0.6 is 36.1 Å². The minimum Gasteiger partial charge on any atom is -0.341 e. The molecule has 10 N–H and O–H groups in total. The van der Waals surface area contributed by atoms with Crippen molar-refractivity contribution in [1.82, 2.24) is 29.9 Å². The molecule has 0 aliphatic carbocycles. The highest BCUT2D eigenvalue weighted by Gasteiger charge is 2.22. The molecule has 76 heavy (non-hydrogen) atoms. The summed E-state index contributed by atoms with van der Waals surface area (Å²) in [6, 6.07) is 15.5. The highest BCUT2D eigenvalue weighted by Crippen LogP contribution is 2.35. The molecule has 30 nitrogen and oxygen atoms in total. The molecule has 0 saturated carbocycles. The van der Waals surface area contributed by atoms with Crippen LogP contribution in [-0.2, 0) is 58.5 Å². The fraction of sp³-hybridized carbons (Fsp3) is 0.200. The van der Waals surface area contributed by atoms with Crippen molar-refractivity contribution in [2.24, 2.45) is 0 Å². The van der Waals surface area contributed by atoms with Crippen LogP contribution in [0.2, 0.25) is 0 Å². The molecule has 0 unspecified atom stereocenters. The van der Waals surface area contributed by atoms with Gasteiger partial charge in [-0.2, -0.15) is 55.2 Å². The van der Waals surface area contributed by atoms with Gasteiger partial charge in [-0.1, -0.05) is 39.4 Å². The quantitative estimate of drug-likeness (QED) is 0.00732. The number of nitrogens with zero attached hydrogens (tertiary/aromatic N) is 8. The van der Waals surface area contributed by atoms with Crippen LogP contribution in [0.1, 0.15) is 38.8 Å². The average Bonchev–Trinajstić information content (AvgIpc) is 3.37. The van der Waals surface area contributed by atoms with E-state index in [0.29, 0.717) is 73.6 Å². The summed E-state index contributed by atoms with van der Waals surface area (Å²) in [5.41, 5.74) is 0.528. The van der Waals surface area contributed by atoms with Crippen LogP contribution in [0, 0.1) is 0 Å². The Balaban J connectivity index is 1.32. The molecular formula is C40H44N12O18S6. The maximum atomic E-state index is 12.9. The van der Waals surface area contributed by atoms with Crippen molar-refractivity contribution >= 4 is 137 Å². The van der Waals surface area contributed by atoms with Crippen LogP contribution in [0.4, 0.5) is 58.4 Å². The van der Waals surface area contributed by atoms with Gasteiger partial charge in [0, 0.05) is 47.3 Å². The summed E-state index contributed by atoms with van der Waals surface area (Å²) in [5, 5.41) is 49.1. The summed E-state index contributed by atoms with van der Waals surface area (Å²) in [6.45, 7) is 9.08. The topological polar surface area (TPSA) is 411 Å². The van der Waals surface area contributed by atoms with Crippen molar-refractivity contribution in [3.8, 4) is 0 Å². The molecule has 0 atom stereocenters. The molecule has 4 aromatic carbocycles. The molecule has 0 spiro atoms. The largest absolute Gasteiger partial charge is 0.341 e. The first-order valence-electron chi connectivity index (χ1n) is 21.4. The van der Waals surface area contributed by atoms with Crippen molar-refractivity contribution in [3.05, 3.63) is 83.9 Å². The maximum Gasteiger partial charge on any atom is 0.296 e. The third-order valence-corrected chi connectivity index (χ3v) is 14.6. The predicted molar refractivity (Wildman–Crippen MR) is 276 cm³/mol. The van der Waals surface area contributed by atoms with Crippen molar-refractivity contribution in [2.75, 3.05) is 57.2 Å². The molecule has 6 rings (SSSR count). The lowest BCUT2D eigenvalue weighted by Gasteiger charge is -2.20. The van der Waals surface area contributed by atoms with Crippen molar-refractivity contribution < 1.29 is 82.8 Å². The molecule has 0 bridgehead atoms. The van der Waals surface area contributed by atoms with Gasteiger partial charge in [-0.3, -0.25) is 13.7 Å². The average molecular weight is 1170 g/mol. The van der Waals surface area contributed by atoms with Crippen molar-refractivity contribution in [1.29, 1.82) is 0 Å². The Labute approximate surface area is 445 Å². The van der Waals surface area contributed by atoms with Gasteiger partial charge in [-0.05, 0) is 99.5 Å². The summed E-state index contributed by atoms with van der Waals surface area (Å²) in [7, 11) is -14.4. The van der Waals surface area contributed by atoms with Crippen LogP contribution in [0.25, 0.3) is 12.2 Å². The summed E-state index contributed by atoms with van der Waals surface area (Å²) in [6.07, 6.45) is 2.83. The third-order valence-electron chi connectivity index (χ3n) is 10.0. The van der Waals surface area contributed by atoms with Crippen LogP contribution in [-0.4, -0.2) is 111 Å². The zero-order chi connectivity index (χ0) is 55.2. The molecule has 0 fully saturated rings. The Hall–Kier alpha value is -6.14. The highest BCUT2D eigenvalue weighted by molar-refractivity contribution is 7.95. The Morgan fingerprint density at radius 1 is 0.487 bits per heavy atom. The minimum atomic E-state index is -4.94. The van der Waals surface area contributed by atoms with Gasteiger partial charge >= 0.3 is 0 Å². The summed E-state index contributed by atoms with van der Waals surface area (Å²) < 4.78 is 118. The summed E-state index contributed by atoms with van der Waals surface area (Å²) in [5.74, 6) is -0.281. The van der Waals surface area contributed by atoms with Crippen LogP contribution < -0.4 is 31.1 Å². The second kappa shape index (κ2) is 26.8.